The number of allylic oxidation sites excluding steroid dienone is 1. The summed E-state index contributed by atoms with van der Waals surface area (Å²) in [6.07, 6.45) is 5.50. The summed E-state index contributed by atoms with van der Waals surface area (Å²) in [6, 6.07) is 0. The van der Waals surface area contributed by atoms with Gasteiger partial charge in [-0.1, -0.05) is 18.7 Å². The van der Waals surface area contributed by atoms with Gasteiger partial charge in [0, 0.05) is 18.3 Å². The van der Waals surface area contributed by atoms with Crippen LogP contribution in [0.2, 0.25) is 5.28 Å². The van der Waals surface area contributed by atoms with E-state index in [0.29, 0.717) is 6.54 Å². The summed E-state index contributed by atoms with van der Waals surface area (Å²) in [4.78, 5) is 7.98. The van der Waals surface area contributed by atoms with Crippen molar-refractivity contribution in [3.05, 3.63) is 54.5 Å². The van der Waals surface area contributed by atoms with Crippen LogP contribution < -0.4 is 5.32 Å². The van der Waals surface area contributed by atoms with Gasteiger partial charge in [0.1, 0.15) is 5.82 Å². The lowest BCUT2D eigenvalue weighted by Gasteiger charge is -2.08. The van der Waals surface area contributed by atoms with Crippen molar-refractivity contribution in [1.29, 1.82) is 0 Å². The molecule has 0 aliphatic carbocycles. The molecule has 92 valence electrons. The van der Waals surface area contributed by atoms with E-state index >= 15 is 0 Å². The van der Waals surface area contributed by atoms with Crippen LogP contribution in [0.3, 0.4) is 0 Å². The van der Waals surface area contributed by atoms with Crippen molar-refractivity contribution in [1.82, 2.24) is 9.97 Å². The molecule has 0 radical (unpaired) electrons. The Morgan fingerprint density at radius 1 is 1.53 bits per heavy atom. The van der Waals surface area contributed by atoms with Gasteiger partial charge < -0.3 is 5.32 Å². The van der Waals surface area contributed by atoms with Gasteiger partial charge >= 0.3 is 0 Å². The number of halogens is 1. The molecule has 1 rings (SSSR count). The highest BCUT2D eigenvalue weighted by Gasteiger charge is 2.01. The first-order chi connectivity index (χ1) is 8.17. The van der Waals surface area contributed by atoms with Crippen LogP contribution in [0.1, 0.15) is 12.5 Å². The van der Waals surface area contributed by atoms with E-state index in [1.54, 1.807) is 6.20 Å². The topological polar surface area (TPSA) is 37.8 Å². The summed E-state index contributed by atoms with van der Waals surface area (Å²) in [7, 11) is 0. The van der Waals surface area contributed by atoms with Crippen LogP contribution >= 0.6 is 11.6 Å². The molecule has 0 amide bonds. The molecule has 0 unspecified atom stereocenters. The summed E-state index contributed by atoms with van der Waals surface area (Å²) in [6.45, 7) is 14.3. The molecule has 17 heavy (non-hydrogen) atoms. The van der Waals surface area contributed by atoms with Gasteiger partial charge in [0.2, 0.25) is 5.28 Å². The third kappa shape index (κ3) is 5.31. The molecule has 0 saturated carbocycles. The molecule has 0 aliphatic heterocycles. The number of nitrogens with one attached hydrogen (secondary N) is 1. The van der Waals surface area contributed by atoms with Crippen LogP contribution in [0, 0.1) is 6.92 Å². The first-order valence-electron chi connectivity index (χ1n) is 5.18. The Morgan fingerprint density at radius 3 is 2.71 bits per heavy atom. The Kier molecular flexibility index (Phi) is 7.72. The summed E-state index contributed by atoms with van der Waals surface area (Å²) in [5.74, 6) is 0.760. The SMILES string of the molecule is C=C.C=C/C(=C\C)CNc1nc(Cl)ncc1C. The Hall–Kier alpha value is -1.61. The van der Waals surface area contributed by atoms with Gasteiger partial charge in [-0.3, -0.25) is 0 Å². The Labute approximate surface area is 108 Å². The van der Waals surface area contributed by atoms with Gasteiger partial charge in [0.15, 0.2) is 0 Å². The number of rotatable bonds is 4. The second-order valence-electron chi connectivity index (χ2n) is 3.09. The highest BCUT2D eigenvalue weighted by atomic mass is 35.5. The number of aryl methyl sites for hydroxylation is 1. The molecule has 3 nitrogen and oxygen atoms in total. The quantitative estimate of drug-likeness (QED) is 0.503. The van der Waals surface area contributed by atoms with E-state index < -0.39 is 0 Å². The lowest BCUT2D eigenvalue weighted by Crippen LogP contribution is -2.07. The average Bonchev–Trinajstić information content (AvgIpc) is 2.37. The van der Waals surface area contributed by atoms with E-state index in [1.807, 2.05) is 26.0 Å². The molecule has 1 N–H and O–H groups in total. The van der Waals surface area contributed by atoms with Crippen molar-refractivity contribution in [3.63, 3.8) is 0 Å². The smallest absolute Gasteiger partial charge is 0.224 e. The lowest BCUT2D eigenvalue weighted by atomic mass is 10.2. The highest BCUT2D eigenvalue weighted by Crippen LogP contribution is 2.13. The minimum absolute atomic E-state index is 0.253. The molecule has 0 bridgehead atoms. The maximum Gasteiger partial charge on any atom is 0.224 e. The van der Waals surface area contributed by atoms with Crippen molar-refractivity contribution in [2.24, 2.45) is 0 Å². The summed E-state index contributed by atoms with van der Waals surface area (Å²) in [5, 5.41) is 3.43. The standard InChI is InChI=1S/C11H14ClN3.C2H4/c1-4-9(5-2)7-13-10-8(3)6-14-11(12)15-10;1-2/h4-6H,1,7H2,2-3H3,(H,13,14,15);1-2H2/b9-5+;. The summed E-state index contributed by atoms with van der Waals surface area (Å²) >= 11 is 5.70. The van der Waals surface area contributed by atoms with Gasteiger partial charge in [-0.15, -0.1) is 13.2 Å². The highest BCUT2D eigenvalue weighted by molar-refractivity contribution is 6.28. The van der Waals surface area contributed by atoms with Crippen LogP contribution in [0.15, 0.2) is 43.7 Å². The molecule has 1 aromatic heterocycles. The predicted octanol–water partition coefficient (Wildman–Crippen LogP) is 3.78. The van der Waals surface area contributed by atoms with Gasteiger partial charge in [-0.2, -0.15) is 0 Å². The minimum Gasteiger partial charge on any atom is -0.366 e. The molecule has 0 spiro atoms. The number of aromatic nitrogens is 2. The number of anilines is 1. The van der Waals surface area contributed by atoms with E-state index in [4.69, 9.17) is 11.6 Å². The molecule has 1 heterocycles. The zero-order valence-corrected chi connectivity index (χ0v) is 11.1. The predicted molar refractivity (Wildman–Crippen MR) is 75.5 cm³/mol. The second-order valence-corrected chi connectivity index (χ2v) is 3.43. The Bertz CT molecular complexity index is 400. The van der Waals surface area contributed by atoms with Crippen LogP contribution in [0.25, 0.3) is 0 Å². The molecule has 1 aromatic rings. The summed E-state index contributed by atoms with van der Waals surface area (Å²) in [5.41, 5.74) is 2.09. The van der Waals surface area contributed by atoms with Crippen LogP contribution in [0.4, 0.5) is 5.82 Å². The first kappa shape index (κ1) is 15.4. The molecular weight excluding hydrogens is 234 g/mol. The van der Waals surface area contributed by atoms with Gasteiger partial charge in [0.25, 0.3) is 0 Å². The van der Waals surface area contributed by atoms with E-state index in [2.05, 4.69) is 35.0 Å². The summed E-state index contributed by atoms with van der Waals surface area (Å²) < 4.78 is 0. The molecule has 0 aromatic carbocycles. The van der Waals surface area contributed by atoms with Crippen molar-refractivity contribution < 1.29 is 0 Å². The third-order valence-corrected chi connectivity index (χ3v) is 2.22. The van der Waals surface area contributed by atoms with Gasteiger partial charge in [0.05, 0.1) is 0 Å². The Balaban J connectivity index is 0.00000121. The zero-order valence-electron chi connectivity index (χ0n) is 10.3. The Morgan fingerprint density at radius 2 is 2.18 bits per heavy atom. The molecule has 0 fully saturated rings. The fraction of sp³-hybridized carbons (Fsp3) is 0.231. The van der Waals surface area contributed by atoms with Gasteiger partial charge in [-0.25, -0.2) is 9.97 Å². The fourth-order valence-corrected chi connectivity index (χ4v) is 1.21. The molecule has 4 heteroatoms. The minimum atomic E-state index is 0.253. The number of hydrogen-bond donors (Lipinski definition) is 1. The van der Waals surface area contributed by atoms with Crippen LogP contribution in [-0.2, 0) is 0 Å². The molecule has 0 aliphatic rings. The third-order valence-electron chi connectivity index (χ3n) is 2.04. The normalized spacial score (nSPS) is 10.2. The van der Waals surface area contributed by atoms with Crippen molar-refractivity contribution in [3.8, 4) is 0 Å². The van der Waals surface area contributed by atoms with E-state index in [1.165, 1.54) is 0 Å². The number of nitrogens with zero attached hydrogens (tertiary/aromatic N) is 2. The van der Waals surface area contributed by atoms with Gasteiger partial charge in [-0.05, 0) is 31.0 Å². The lowest BCUT2D eigenvalue weighted by molar-refractivity contribution is 1.10. The van der Waals surface area contributed by atoms with Crippen LogP contribution in [0.5, 0.6) is 0 Å². The second kappa shape index (κ2) is 8.53. The maximum atomic E-state index is 5.70. The zero-order chi connectivity index (χ0) is 13.3. The van der Waals surface area contributed by atoms with E-state index in [0.717, 1.165) is 17.0 Å². The monoisotopic (exact) mass is 251 g/mol. The average molecular weight is 252 g/mol. The van der Waals surface area contributed by atoms with Crippen LogP contribution in [-0.4, -0.2) is 16.5 Å². The largest absolute Gasteiger partial charge is 0.366 e. The van der Waals surface area contributed by atoms with Crippen molar-refractivity contribution in [2.75, 3.05) is 11.9 Å². The van der Waals surface area contributed by atoms with Crippen molar-refractivity contribution in [2.45, 2.75) is 13.8 Å². The molecular formula is C13H18ClN3. The van der Waals surface area contributed by atoms with Crippen molar-refractivity contribution >= 4 is 17.4 Å². The fourth-order valence-electron chi connectivity index (χ4n) is 1.08. The molecule has 0 saturated heterocycles. The first-order valence-corrected chi connectivity index (χ1v) is 5.55. The number of hydrogen-bond acceptors (Lipinski definition) is 3. The van der Waals surface area contributed by atoms with E-state index in [9.17, 15) is 0 Å². The molecule has 0 atom stereocenters. The van der Waals surface area contributed by atoms with E-state index in [-0.39, 0.29) is 5.28 Å². The maximum absolute atomic E-state index is 5.70.